The zero-order valence-corrected chi connectivity index (χ0v) is 15.2. The van der Waals surface area contributed by atoms with Crippen LogP contribution in [-0.2, 0) is 9.59 Å². The van der Waals surface area contributed by atoms with Crippen molar-refractivity contribution in [2.24, 2.45) is 5.10 Å². The van der Waals surface area contributed by atoms with Crippen LogP contribution in [0.1, 0.15) is 28.8 Å². The van der Waals surface area contributed by atoms with Gasteiger partial charge in [0, 0.05) is 22.1 Å². The van der Waals surface area contributed by atoms with E-state index < -0.39 is 11.9 Å². The summed E-state index contributed by atoms with van der Waals surface area (Å²) in [6.07, 6.45) is 1.19. The second-order valence-electron chi connectivity index (χ2n) is 5.27. The summed E-state index contributed by atoms with van der Waals surface area (Å²) in [5.41, 5.74) is 4.12. The van der Waals surface area contributed by atoms with Gasteiger partial charge in [0.1, 0.15) is 0 Å². The molecule has 0 aliphatic rings. The average molecular weight is 418 g/mol. The first-order valence-corrected chi connectivity index (χ1v) is 8.44. The fraction of sp³-hybridized carbons (Fsp3) is 0.111. The number of nitrogens with one attached hydrogen (secondary N) is 2. The number of carbonyl (C=O) groups excluding carboxylic acids is 2. The number of benzene rings is 2. The van der Waals surface area contributed by atoms with E-state index in [4.69, 9.17) is 5.11 Å². The standard InChI is InChI=1S/C18H16BrN3O4/c19-14-5-1-12(2-6-14)11-20-22-18(26)13-3-7-15(8-4-13)21-16(23)9-10-17(24)25/h1-8,11H,9-10H2,(H,21,23)(H,22,26)(H,24,25). The summed E-state index contributed by atoms with van der Waals surface area (Å²) in [7, 11) is 0. The summed E-state index contributed by atoms with van der Waals surface area (Å²) in [6, 6.07) is 13.6. The summed E-state index contributed by atoms with van der Waals surface area (Å²) in [4.78, 5) is 34.0. The van der Waals surface area contributed by atoms with E-state index in [1.807, 2.05) is 24.3 Å². The molecule has 8 heteroatoms. The molecule has 0 saturated carbocycles. The highest BCUT2D eigenvalue weighted by Gasteiger charge is 2.07. The van der Waals surface area contributed by atoms with Gasteiger partial charge < -0.3 is 10.4 Å². The number of nitrogens with zero attached hydrogens (tertiary/aromatic N) is 1. The van der Waals surface area contributed by atoms with E-state index in [0.717, 1.165) is 10.0 Å². The van der Waals surface area contributed by atoms with Gasteiger partial charge in [0.15, 0.2) is 0 Å². The molecule has 0 atom stereocenters. The van der Waals surface area contributed by atoms with Crippen LogP contribution < -0.4 is 10.7 Å². The Kier molecular flexibility index (Phi) is 7.04. The number of rotatable bonds is 7. The minimum absolute atomic E-state index is 0.109. The summed E-state index contributed by atoms with van der Waals surface area (Å²) in [5, 5.41) is 15.0. The van der Waals surface area contributed by atoms with Crippen molar-refractivity contribution in [3.63, 3.8) is 0 Å². The Morgan fingerprint density at radius 3 is 2.27 bits per heavy atom. The molecule has 2 amide bonds. The molecule has 0 saturated heterocycles. The van der Waals surface area contributed by atoms with Crippen LogP contribution in [0.15, 0.2) is 58.1 Å². The van der Waals surface area contributed by atoms with Crippen LogP contribution in [0.3, 0.4) is 0 Å². The number of carboxylic acids is 1. The lowest BCUT2D eigenvalue weighted by atomic mass is 10.2. The van der Waals surface area contributed by atoms with Crippen molar-refractivity contribution in [1.82, 2.24) is 5.43 Å². The summed E-state index contributed by atoms with van der Waals surface area (Å²) in [5.74, 6) is -1.82. The number of anilines is 1. The van der Waals surface area contributed by atoms with Gasteiger partial charge in [-0.15, -0.1) is 0 Å². The van der Waals surface area contributed by atoms with Crippen molar-refractivity contribution >= 4 is 45.6 Å². The lowest BCUT2D eigenvalue weighted by molar-refractivity contribution is -0.138. The highest BCUT2D eigenvalue weighted by Crippen LogP contribution is 2.11. The molecule has 0 aromatic heterocycles. The third-order valence-corrected chi connectivity index (χ3v) is 3.78. The normalized spacial score (nSPS) is 10.5. The molecule has 0 aliphatic heterocycles. The Balaban J connectivity index is 1.86. The molecule has 0 aliphatic carbocycles. The van der Waals surface area contributed by atoms with Gasteiger partial charge in [-0.25, -0.2) is 5.43 Å². The molecule has 0 heterocycles. The molecule has 2 rings (SSSR count). The SMILES string of the molecule is O=C(O)CCC(=O)Nc1ccc(C(=O)NN=Cc2ccc(Br)cc2)cc1. The van der Waals surface area contributed by atoms with Gasteiger partial charge in [-0.2, -0.15) is 5.10 Å². The minimum Gasteiger partial charge on any atom is -0.481 e. The molecule has 0 bridgehead atoms. The van der Waals surface area contributed by atoms with Gasteiger partial charge in [-0.1, -0.05) is 28.1 Å². The molecule has 7 nitrogen and oxygen atoms in total. The molecule has 2 aromatic carbocycles. The highest BCUT2D eigenvalue weighted by atomic mass is 79.9. The highest BCUT2D eigenvalue weighted by molar-refractivity contribution is 9.10. The number of carbonyl (C=O) groups is 3. The number of carboxylic acid groups (broad SMARTS) is 1. The summed E-state index contributed by atoms with van der Waals surface area (Å²) >= 11 is 3.34. The van der Waals surface area contributed by atoms with Crippen LogP contribution in [0.5, 0.6) is 0 Å². The maximum Gasteiger partial charge on any atom is 0.303 e. The largest absolute Gasteiger partial charge is 0.481 e. The molecule has 26 heavy (non-hydrogen) atoms. The Bertz CT molecular complexity index is 817. The maximum absolute atomic E-state index is 12.0. The number of amides is 2. The van der Waals surface area contributed by atoms with Crippen molar-refractivity contribution < 1.29 is 19.5 Å². The predicted octanol–water partition coefficient (Wildman–Crippen LogP) is 3.02. The van der Waals surface area contributed by atoms with Crippen molar-refractivity contribution in [3.05, 3.63) is 64.1 Å². The van der Waals surface area contributed by atoms with E-state index in [2.05, 4.69) is 31.8 Å². The third-order valence-electron chi connectivity index (χ3n) is 3.25. The molecule has 0 unspecified atom stereocenters. The monoisotopic (exact) mass is 417 g/mol. The Morgan fingerprint density at radius 2 is 1.65 bits per heavy atom. The molecule has 0 fully saturated rings. The zero-order valence-electron chi connectivity index (χ0n) is 13.6. The molecule has 0 radical (unpaired) electrons. The predicted molar refractivity (Wildman–Crippen MR) is 101 cm³/mol. The Morgan fingerprint density at radius 1 is 1.00 bits per heavy atom. The van der Waals surface area contributed by atoms with Crippen molar-refractivity contribution in [1.29, 1.82) is 0 Å². The topological polar surface area (TPSA) is 108 Å². The van der Waals surface area contributed by atoms with E-state index in [0.29, 0.717) is 11.3 Å². The quantitative estimate of drug-likeness (QED) is 0.475. The van der Waals surface area contributed by atoms with Crippen LogP contribution in [-0.4, -0.2) is 29.1 Å². The first-order chi connectivity index (χ1) is 12.4. The number of halogens is 1. The smallest absolute Gasteiger partial charge is 0.303 e. The minimum atomic E-state index is -1.03. The summed E-state index contributed by atoms with van der Waals surface area (Å²) < 4.78 is 0.953. The van der Waals surface area contributed by atoms with Crippen molar-refractivity contribution in [3.8, 4) is 0 Å². The molecule has 2 aromatic rings. The van der Waals surface area contributed by atoms with E-state index in [1.165, 1.54) is 18.3 Å². The number of hydrogen-bond donors (Lipinski definition) is 3. The van der Waals surface area contributed by atoms with Crippen LogP contribution in [0, 0.1) is 0 Å². The second kappa shape index (κ2) is 9.47. The van der Waals surface area contributed by atoms with Gasteiger partial charge in [0.05, 0.1) is 12.6 Å². The lowest BCUT2D eigenvalue weighted by Crippen LogP contribution is -2.18. The molecular weight excluding hydrogens is 402 g/mol. The second-order valence-corrected chi connectivity index (χ2v) is 6.19. The first kappa shape index (κ1) is 19.3. The molecule has 3 N–H and O–H groups in total. The number of hydrazone groups is 1. The van der Waals surface area contributed by atoms with Gasteiger partial charge in [-0.3, -0.25) is 14.4 Å². The van der Waals surface area contributed by atoms with Gasteiger partial charge in [0.2, 0.25) is 5.91 Å². The van der Waals surface area contributed by atoms with Crippen LogP contribution >= 0.6 is 15.9 Å². The van der Waals surface area contributed by atoms with Crippen molar-refractivity contribution in [2.45, 2.75) is 12.8 Å². The van der Waals surface area contributed by atoms with Crippen LogP contribution in [0.25, 0.3) is 0 Å². The summed E-state index contributed by atoms with van der Waals surface area (Å²) in [6.45, 7) is 0. The van der Waals surface area contributed by atoms with Crippen LogP contribution in [0.4, 0.5) is 5.69 Å². The van der Waals surface area contributed by atoms with E-state index in [1.54, 1.807) is 12.1 Å². The molecule has 134 valence electrons. The van der Waals surface area contributed by atoms with Gasteiger partial charge in [0.25, 0.3) is 5.91 Å². The fourth-order valence-corrected chi connectivity index (χ4v) is 2.19. The Hall–Kier alpha value is -3.00. The van der Waals surface area contributed by atoms with Gasteiger partial charge >= 0.3 is 5.97 Å². The van der Waals surface area contributed by atoms with E-state index in [9.17, 15) is 14.4 Å². The number of hydrogen-bond acceptors (Lipinski definition) is 4. The zero-order chi connectivity index (χ0) is 18.9. The molecular formula is C18H16BrN3O4. The lowest BCUT2D eigenvalue weighted by Gasteiger charge is -2.05. The third kappa shape index (κ3) is 6.48. The maximum atomic E-state index is 12.0. The average Bonchev–Trinajstić information content (AvgIpc) is 2.62. The van der Waals surface area contributed by atoms with Crippen LogP contribution in [0.2, 0.25) is 0 Å². The van der Waals surface area contributed by atoms with Gasteiger partial charge in [-0.05, 0) is 42.0 Å². The first-order valence-electron chi connectivity index (χ1n) is 7.65. The number of aliphatic carboxylic acids is 1. The van der Waals surface area contributed by atoms with E-state index in [-0.39, 0.29) is 18.7 Å². The Labute approximate surface area is 158 Å². The fourth-order valence-electron chi connectivity index (χ4n) is 1.93. The molecule has 0 spiro atoms. The van der Waals surface area contributed by atoms with E-state index >= 15 is 0 Å². The van der Waals surface area contributed by atoms with Crippen molar-refractivity contribution in [2.75, 3.05) is 5.32 Å².